The van der Waals surface area contributed by atoms with Crippen molar-refractivity contribution in [2.24, 2.45) is 0 Å². The predicted octanol–water partition coefficient (Wildman–Crippen LogP) is 16.2. The topological polar surface area (TPSA) is 25.8 Å². The van der Waals surface area contributed by atoms with Gasteiger partial charge >= 0.3 is 0 Å². The summed E-state index contributed by atoms with van der Waals surface area (Å²) in [4.78, 5) is 10.6. The first-order chi connectivity index (χ1) is 31.1. The third-order valence-electron chi connectivity index (χ3n) is 13.0. The van der Waals surface area contributed by atoms with Crippen LogP contribution >= 0.6 is 11.3 Å². The molecule has 1 unspecified atom stereocenters. The van der Waals surface area contributed by atoms with Crippen LogP contribution in [0.2, 0.25) is 0 Å². The second-order valence-electron chi connectivity index (χ2n) is 16.7. The third kappa shape index (κ3) is 6.31. The molecule has 296 valence electrons. The van der Waals surface area contributed by atoms with E-state index >= 15 is 0 Å². The van der Waals surface area contributed by atoms with Gasteiger partial charge in [0, 0.05) is 42.3 Å². The zero-order valence-electron chi connectivity index (χ0n) is 34.7. The van der Waals surface area contributed by atoms with E-state index in [-0.39, 0.29) is 5.41 Å². The summed E-state index contributed by atoms with van der Waals surface area (Å²) in [5.74, 6) is 0.695. The molecule has 0 saturated carbocycles. The lowest BCUT2D eigenvalue weighted by atomic mass is 9.74. The van der Waals surface area contributed by atoms with Crippen molar-refractivity contribution in [1.82, 2.24) is 9.97 Å². The number of hydrogen-bond acceptors (Lipinski definition) is 3. The van der Waals surface area contributed by atoms with E-state index in [2.05, 4.69) is 225 Å². The minimum Gasteiger partial charge on any atom is -0.228 e. The first-order valence-electron chi connectivity index (χ1n) is 21.6. The summed E-state index contributed by atoms with van der Waals surface area (Å²) < 4.78 is 2.59. The standard InChI is InChI=1S/C60H40N2S/c1-60(47-23-9-4-10-24-47)53-29-13-11-25-49(53)50-32-31-42(37-54(50)60)41-21-15-22-43(33-41)55-38-56(62-59(61-55)40-19-7-3-8-20-40)46-35-44(39-17-5-2-6-18-39)34-45(36-46)48-27-16-28-52-51-26-12-14-30-57(51)63-58(48)52/h2-38H,1H3. The Morgan fingerprint density at radius 2 is 0.905 bits per heavy atom. The van der Waals surface area contributed by atoms with Crippen LogP contribution in [0.5, 0.6) is 0 Å². The fourth-order valence-electron chi connectivity index (χ4n) is 9.77. The van der Waals surface area contributed by atoms with Crippen LogP contribution in [0.25, 0.3) is 98.6 Å². The molecule has 2 aromatic heterocycles. The zero-order valence-corrected chi connectivity index (χ0v) is 35.5. The molecule has 3 heteroatoms. The van der Waals surface area contributed by atoms with Crippen LogP contribution in [0.4, 0.5) is 0 Å². The van der Waals surface area contributed by atoms with Gasteiger partial charge in [-0.25, -0.2) is 9.97 Å². The monoisotopic (exact) mass is 820 g/mol. The highest BCUT2D eigenvalue weighted by Gasteiger charge is 2.40. The molecule has 63 heavy (non-hydrogen) atoms. The minimum absolute atomic E-state index is 0.275. The number of aromatic nitrogens is 2. The Morgan fingerprint density at radius 3 is 1.73 bits per heavy atom. The van der Waals surface area contributed by atoms with Crippen LogP contribution in [0.1, 0.15) is 23.6 Å². The predicted molar refractivity (Wildman–Crippen MR) is 265 cm³/mol. The van der Waals surface area contributed by atoms with Crippen molar-refractivity contribution >= 4 is 31.5 Å². The Labute approximate surface area is 371 Å². The summed E-state index contributed by atoms with van der Waals surface area (Å²) in [5, 5.41) is 2.58. The molecule has 9 aromatic carbocycles. The molecule has 2 nitrogen and oxygen atoms in total. The third-order valence-corrected chi connectivity index (χ3v) is 14.2. The molecule has 0 radical (unpaired) electrons. The number of thiophene rings is 1. The van der Waals surface area contributed by atoms with Crippen LogP contribution < -0.4 is 0 Å². The molecule has 2 heterocycles. The molecular formula is C60H40N2S. The largest absolute Gasteiger partial charge is 0.228 e. The number of nitrogens with zero attached hydrogens (tertiary/aromatic N) is 2. The van der Waals surface area contributed by atoms with E-state index in [0.29, 0.717) is 5.82 Å². The minimum atomic E-state index is -0.275. The summed E-state index contributed by atoms with van der Waals surface area (Å²) in [6, 6.07) is 81.2. The zero-order chi connectivity index (χ0) is 41.9. The highest BCUT2D eigenvalue weighted by Crippen LogP contribution is 2.53. The van der Waals surface area contributed by atoms with Crippen LogP contribution in [0.15, 0.2) is 224 Å². The van der Waals surface area contributed by atoms with Gasteiger partial charge in [0.05, 0.1) is 11.4 Å². The number of benzene rings is 9. The maximum atomic E-state index is 5.34. The van der Waals surface area contributed by atoms with Crippen molar-refractivity contribution in [1.29, 1.82) is 0 Å². The van der Waals surface area contributed by atoms with E-state index in [9.17, 15) is 0 Å². The number of rotatable bonds is 7. The van der Waals surface area contributed by atoms with Gasteiger partial charge in [-0.05, 0) is 111 Å². The maximum Gasteiger partial charge on any atom is 0.160 e. The van der Waals surface area contributed by atoms with Crippen LogP contribution in [-0.4, -0.2) is 9.97 Å². The van der Waals surface area contributed by atoms with E-state index in [1.165, 1.54) is 59.1 Å². The summed E-state index contributed by atoms with van der Waals surface area (Å²) in [6.45, 7) is 2.38. The van der Waals surface area contributed by atoms with Gasteiger partial charge < -0.3 is 0 Å². The molecule has 0 saturated heterocycles. The van der Waals surface area contributed by atoms with Gasteiger partial charge in [-0.2, -0.15) is 0 Å². The number of fused-ring (bicyclic) bond motifs is 6. The summed E-state index contributed by atoms with van der Waals surface area (Å²) in [5.41, 5.74) is 18.1. The normalized spacial score (nSPS) is 14.2. The molecular weight excluding hydrogens is 781 g/mol. The average molecular weight is 821 g/mol. The molecule has 0 aliphatic heterocycles. The Balaban J connectivity index is 1.02. The molecule has 12 rings (SSSR count). The summed E-state index contributed by atoms with van der Waals surface area (Å²) >= 11 is 1.86. The van der Waals surface area contributed by atoms with Crippen molar-refractivity contribution in [3.05, 3.63) is 241 Å². The van der Waals surface area contributed by atoms with Crippen molar-refractivity contribution in [2.75, 3.05) is 0 Å². The summed E-state index contributed by atoms with van der Waals surface area (Å²) in [6.07, 6.45) is 0. The molecule has 1 aliphatic rings. The fraction of sp³-hybridized carbons (Fsp3) is 0.0333. The second-order valence-corrected chi connectivity index (χ2v) is 17.7. The van der Waals surface area contributed by atoms with Crippen LogP contribution in [0, 0.1) is 0 Å². The first-order valence-corrected chi connectivity index (χ1v) is 22.4. The van der Waals surface area contributed by atoms with Gasteiger partial charge in [-0.3, -0.25) is 0 Å². The quantitative estimate of drug-likeness (QED) is 0.160. The lowest BCUT2D eigenvalue weighted by molar-refractivity contribution is 0.714. The van der Waals surface area contributed by atoms with Gasteiger partial charge in [-0.15, -0.1) is 11.3 Å². The molecule has 1 aliphatic carbocycles. The van der Waals surface area contributed by atoms with Crippen molar-refractivity contribution < 1.29 is 0 Å². The first kappa shape index (κ1) is 37.1. The second kappa shape index (κ2) is 15.0. The van der Waals surface area contributed by atoms with E-state index in [1.807, 2.05) is 17.4 Å². The van der Waals surface area contributed by atoms with Crippen LogP contribution in [0.3, 0.4) is 0 Å². The highest BCUT2D eigenvalue weighted by atomic mass is 32.1. The summed E-state index contributed by atoms with van der Waals surface area (Å²) in [7, 11) is 0. The average Bonchev–Trinajstić information content (AvgIpc) is 3.87. The Kier molecular flexibility index (Phi) is 8.84. The van der Waals surface area contributed by atoms with E-state index < -0.39 is 0 Å². The van der Waals surface area contributed by atoms with Crippen molar-refractivity contribution in [2.45, 2.75) is 12.3 Å². The van der Waals surface area contributed by atoms with Crippen molar-refractivity contribution in [3.8, 4) is 78.4 Å². The molecule has 0 spiro atoms. The van der Waals surface area contributed by atoms with E-state index in [4.69, 9.17) is 9.97 Å². The Bertz CT molecular complexity index is 3520. The molecule has 0 bridgehead atoms. The van der Waals surface area contributed by atoms with Gasteiger partial charge in [0.15, 0.2) is 5.82 Å². The Hall–Kier alpha value is -7.72. The van der Waals surface area contributed by atoms with Crippen molar-refractivity contribution in [3.63, 3.8) is 0 Å². The fourth-order valence-corrected chi connectivity index (χ4v) is 11.0. The smallest absolute Gasteiger partial charge is 0.160 e. The Morgan fingerprint density at radius 1 is 0.349 bits per heavy atom. The lowest BCUT2D eigenvalue weighted by Crippen LogP contribution is -2.22. The lowest BCUT2D eigenvalue weighted by Gasteiger charge is -2.28. The van der Waals surface area contributed by atoms with Gasteiger partial charge in [-0.1, -0.05) is 182 Å². The molecule has 0 N–H and O–H groups in total. The molecule has 0 fully saturated rings. The van der Waals surface area contributed by atoms with E-state index in [0.717, 1.165) is 50.3 Å². The SMILES string of the molecule is CC1(c2ccccc2)c2ccccc2-c2ccc(-c3cccc(-c4cc(-c5cc(-c6ccccc6)cc(-c6cccc7c6sc6ccccc67)c5)nc(-c5ccccc5)n4)c3)cc21. The van der Waals surface area contributed by atoms with Crippen LogP contribution in [-0.2, 0) is 5.41 Å². The van der Waals surface area contributed by atoms with E-state index in [1.54, 1.807) is 0 Å². The molecule has 11 aromatic rings. The van der Waals surface area contributed by atoms with Gasteiger partial charge in [0.25, 0.3) is 0 Å². The maximum absolute atomic E-state index is 5.34. The van der Waals surface area contributed by atoms with Gasteiger partial charge in [0.2, 0.25) is 0 Å². The van der Waals surface area contributed by atoms with Gasteiger partial charge in [0.1, 0.15) is 0 Å². The number of hydrogen-bond donors (Lipinski definition) is 0. The molecule has 0 amide bonds. The highest BCUT2D eigenvalue weighted by molar-refractivity contribution is 7.26. The molecule has 1 atom stereocenters.